The van der Waals surface area contributed by atoms with E-state index < -0.39 is 16.2 Å². The molecule has 1 aromatic heterocycles. The number of anilines is 1. The van der Waals surface area contributed by atoms with Gasteiger partial charge in [-0.15, -0.1) is 0 Å². The van der Waals surface area contributed by atoms with E-state index in [1.807, 2.05) is 10.4 Å². The first-order chi connectivity index (χ1) is 6.66. The zero-order chi connectivity index (χ0) is 10.6. The summed E-state index contributed by atoms with van der Waals surface area (Å²) in [5, 5.41) is 10.4. The summed E-state index contributed by atoms with van der Waals surface area (Å²) in [4.78, 5) is 35.8. The summed E-state index contributed by atoms with van der Waals surface area (Å²) in [5.41, 5.74) is 2.37. The van der Waals surface area contributed by atoms with E-state index in [2.05, 4.69) is 10.4 Å². The Labute approximate surface area is 76.3 Å². The van der Waals surface area contributed by atoms with Gasteiger partial charge in [-0.1, -0.05) is 0 Å². The number of hydrazine groups is 1. The first-order valence-electron chi connectivity index (χ1n) is 3.34. The summed E-state index contributed by atoms with van der Waals surface area (Å²) in [7, 11) is 0. The summed E-state index contributed by atoms with van der Waals surface area (Å²) in [5.74, 6) is -0.328. The van der Waals surface area contributed by atoms with Crippen LogP contribution in [0.5, 0.6) is 0 Å². The van der Waals surface area contributed by atoms with Crippen LogP contribution in [0.1, 0.15) is 0 Å². The number of aromatic nitrogens is 2. The van der Waals surface area contributed by atoms with Gasteiger partial charge in [0.2, 0.25) is 12.2 Å². The minimum absolute atomic E-state index is 0.257. The smallest absolute Gasteiger partial charge is 0.307 e. The van der Waals surface area contributed by atoms with E-state index in [0.717, 1.165) is 6.33 Å². The molecule has 0 aliphatic carbocycles. The Morgan fingerprint density at radius 2 is 2.36 bits per heavy atom. The van der Waals surface area contributed by atoms with Crippen molar-refractivity contribution in [1.29, 1.82) is 0 Å². The van der Waals surface area contributed by atoms with Gasteiger partial charge in [0.1, 0.15) is 0 Å². The fraction of sp³-hybridized carbons (Fsp3) is 0. The van der Waals surface area contributed by atoms with Crippen molar-refractivity contribution in [2.75, 3.05) is 5.43 Å². The molecule has 0 spiro atoms. The number of carbonyl (C=O) groups excluding carboxylic acids is 1. The molecule has 0 aliphatic rings. The van der Waals surface area contributed by atoms with Crippen molar-refractivity contribution in [2.45, 2.75) is 0 Å². The van der Waals surface area contributed by atoms with Gasteiger partial charge in [0.05, 0.1) is 11.3 Å². The Morgan fingerprint density at radius 3 is 2.93 bits per heavy atom. The van der Waals surface area contributed by atoms with E-state index in [-0.39, 0.29) is 12.2 Å². The number of nitrogens with one attached hydrogen (secondary N) is 3. The number of hydrogen-bond acceptors (Lipinski definition) is 6. The van der Waals surface area contributed by atoms with Gasteiger partial charge in [0.25, 0.3) is 0 Å². The first kappa shape index (κ1) is 9.64. The zero-order valence-electron chi connectivity index (χ0n) is 6.68. The Balaban J connectivity index is 3.14. The monoisotopic (exact) mass is 199 g/mol. The lowest BCUT2D eigenvalue weighted by molar-refractivity contribution is -0.385. The average molecular weight is 199 g/mol. The molecule has 0 radical (unpaired) electrons. The average Bonchev–Trinajstić information content (AvgIpc) is 2.14. The largest absolute Gasteiger partial charge is 0.377 e. The third-order valence-electron chi connectivity index (χ3n) is 1.26. The Hall–Kier alpha value is -2.45. The Bertz CT molecular complexity index is 413. The van der Waals surface area contributed by atoms with E-state index in [1.54, 1.807) is 0 Å². The maximum atomic E-state index is 11.0. The molecule has 1 aromatic rings. The number of rotatable bonds is 4. The maximum Gasteiger partial charge on any atom is 0.377 e. The maximum absolute atomic E-state index is 11.0. The molecule has 1 amide bonds. The molecular weight excluding hydrogens is 194 g/mol. The van der Waals surface area contributed by atoms with E-state index in [9.17, 15) is 19.7 Å². The molecule has 0 unspecified atom stereocenters. The third-order valence-corrected chi connectivity index (χ3v) is 1.26. The number of amides is 1. The van der Waals surface area contributed by atoms with Crippen LogP contribution in [-0.2, 0) is 4.79 Å². The Morgan fingerprint density at radius 1 is 1.64 bits per heavy atom. The van der Waals surface area contributed by atoms with Crippen LogP contribution in [0.25, 0.3) is 0 Å². The highest BCUT2D eigenvalue weighted by Crippen LogP contribution is 2.12. The van der Waals surface area contributed by atoms with Crippen molar-refractivity contribution < 1.29 is 9.72 Å². The molecule has 3 N–H and O–H groups in total. The lowest BCUT2D eigenvalue weighted by Crippen LogP contribution is -2.24. The van der Waals surface area contributed by atoms with Crippen LogP contribution in [0.3, 0.4) is 0 Å². The summed E-state index contributed by atoms with van der Waals surface area (Å²) < 4.78 is 0. The summed E-state index contributed by atoms with van der Waals surface area (Å²) >= 11 is 0. The highest BCUT2D eigenvalue weighted by Gasteiger charge is 2.19. The SMILES string of the molecule is O=CNNc1nc[nH]c(=O)c1[N+](=O)[O-]. The summed E-state index contributed by atoms with van der Waals surface area (Å²) in [6.45, 7) is 0. The van der Waals surface area contributed by atoms with Crippen LogP contribution in [-0.4, -0.2) is 21.3 Å². The molecule has 74 valence electrons. The van der Waals surface area contributed by atoms with Gasteiger partial charge >= 0.3 is 11.2 Å². The fourth-order valence-corrected chi connectivity index (χ4v) is 0.751. The minimum atomic E-state index is -0.903. The molecular formula is C5H5N5O4. The Kier molecular flexibility index (Phi) is 2.74. The molecule has 0 fully saturated rings. The van der Waals surface area contributed by atoms with Crippen molar-refractivity contribution in [3.8, 4) is 0 Å². The van der Waals surface area contributed by atoms with E-state index >= 15 is 0 Å². The van der Waals surface area contributed by atoms with Gasteiger partial charge in [-0.25, -0.2) is 4.98 Å². The summed E-state index contributed by atoms with van der Waals surface area (Å²) in [6.07, 6.45) is 1.23. The number of nitro groups is 1. The third kappa shape index (κ3) is 1.83. The van der Waals surface area contributed by atoms with Crippen LogP contribution in [0.15, 0.2) is 11.1 Å². The number of nitrogens with zero attached hydrogens (tertiary/aromatic N) is 2. The number of H-pyrrole nitrogens is 1. The normalized spacial score (nSPS) is 9.14. The molecule has 0 saturated heterocycles. The first-order valence-corrected chi connectivity index (χ1v) is 3.34. The van der Waals surface area contributed by atoms with Gasteiger partial charge in [-0.05, 0) is 0 Å². The molecule has 9 heteroatoms. The standard InChI is InChI=1S/C5H5N5O4/c11-2-8-9-4-3(10(13)14)5(12)7-1-6-4/h1-2H,(H,8,11)(H2,6,7,9,12). The van der Waals surface area contributed by atoms with Gasteiger partial charge in [0.15, 0.2) is 0 Å². The molecule has 1 heterocycles. The van der Waals surface area contributed by atoms with Gasteiger partial charge < -0.3 is 4.98 Å². The van der Waals surface area contributed by atoms with Crippen LogP contribution >= 0.6 is 0 Å². The number of hydrogen-bond donors (Lipinski definition) is 3. The number of aromatic amines is 1. The van der Waals surface area contributed by atoms with E-state index in [0.29, 0.717) is 0 Å². The molecule has 0 bridgehead atoms. The van der Waals surface area contributed by atoms with Gasteiger partial charge in [0, 0.05) is 0 Å². The molecule has 9 nitrogen and oxygen atoms in total. The topological polar surface area (TPSA) is 130 Å². The quantitative estimate of drug-likeness (QED) is 0.315. The molecule has 0 saturated carbocycles. The molecule has 1 rings (SSSR count). The lowest BCUT2D eigenvalue weighted by atomic mass is 10.5. The highest BCUT2D eigenvalue weighted by atomic mass is 16.6. The molecule has 0 aliphatic heterocycles. The predicted molar refractivity (Wildman–Crippen MR) is 44.3 cm³/mol. The highest BCUT2D eigenvalue weighted by molar-refractivity contribution is 5.57. The van der Waals surface area contributed by atoms with Crippen molar-refractivity contribution in [1.82, 2.24) is 15.4 Å². The second-order valence-corrected chi connectivity index (χ2v) is 2.07. The van der Waals surface area contributed by atoms with E-state index in [4.69, 9.17) is 0 Å². The molecule has 14 heavy (non-hydrogen) atoms. The molecule has 0 aromatic carbocycles. The van der Waals surface area contributed by atoms with Crippen molar-refractivity contribution in [3.63, 3.8) is 0 Å². The fourth-order valence-electron chi connectivity index (χ4n) is 0.751. The minimum Gasteiger partial charge on any atom is -0.307 e. The van der Waals surface area contributed by atoms with Crippen LogP contribution in [0.2, 0.25) is 0 Å². The summed E-state index contributed by atoms with van der Waals surface area (Å²) in [6, 6.07) is 0. The van der Waals surface area contributed by atoms with Crippen molar-refractivity contribution >= 4 is 17.9 Å². The van der Waals surface area contributed by atoms with Crippen molar-refractivity contribution in [2.24, 2.45) is 0 Å². The second-order valence-electron chi connectivity index (χ2n) is 2.07. The van der Waals surface area contributed by atoms with E-state index in [1.165, 1.54) is 0 Å². The van der Waals surface area contributed by atoms with Crippen LogP contribution in [0.4, 0.5) is 11.5 Å². The van der Waals surface area contributed by atoms with Gasteiger partial charge in [-0.2, -0.15) is 0 Å². The van der Waals surface area contributed by atoms with Crippen molar-refractivity contribution in [3.05, 3.63) is 26.8 Å². The number of carbonyl (C=O) groups is 1. The predicted octanol–water partition coefficient (Wildman–Crippen LogP) is -1.25. The molecule has 0 atom stereocenters. The zero-order valence-corrected chi connectivity index (χ0v) is 6.68. The van der Waals surface area contributed by atoms with Gasteiger partial charge in [-0.3, -0.25) is 30.6 Å². The van der Waals surface area contributed by atoms with Crippen LogP contribution < -0.4 is 16.4 Å². The second kappa shape index (κ2) is 3.98. The van der Waals surface area contributed by atoms with Crippen LogP contribution in [0, 0.1) is 10.1 Å². The lowest BCUT2D eigenvalue weighted by Gasteiger charge is -2.01.